The van der Waals surface area contributed by atoms with Crippen LogP contribution in [-0.4, -0.2) is 30.0 Å². The van der Waals surface area contributed by atoms with Crippen LogP contribution in [0, 0.1) is 5.92 Å². The molecular weight excluding hydrogens is 434 g/mol. The first kappa shape index (κ1) is 22.0. The van der Waals surface area contributed by atoms with E-state index in [-0.39, 0.29) is 17.4 Å². The van der Waals surface area contributed by atoms with Gasteiger partial charge in [0, 0.05) is 40.6 Å². The maximum absolute atomic E-state index is 13.4. The molecule has 2 heterocycles. The Labute approximate surface area is 199 Å². The number of aromatic nitrogens is 1. The number of carbonyl (C=O) groups is 1. The van der Waals surface area contributed by atoms with Crippen LogP contribution < -0.4 is 15.8 Å². The lowest BCUT2D eigenvalue weighted by Crippen LogP contribution is -2.47. The average Bonchev–Trinajstić information content (AvgIpc) is 2.85. The van der Waals surface area contributed by atoms with Crippen molar-refractivity contribution in [1.29, 1.82) is 0 Å². The maximum Gasteiger partial charge on any atom is 0.272 e. The number of hydrogen-bond acceptors (Lipinski definition) is 3. The zero-order valence-corrected chi connectivity index (χ0v) is 19.5. The number of carbonyl (C=O) groups excluding carboxylic acids is 1. The molecule has 1 amide bonds. The molecule has 2 fully saturated rings. The van der Waals surface area contributed by atoms with E-state index in [0.29, 0.717) is 23.3 Å². The minimum Gasteiger partial charge on any atom is -0.366 e. The predicted molar refractivity (Wildman–Crippen MR) is 135 cm³/mol. The minimum atomic E-state index is -0.128. The Bertz CT molecular complexity index is 1200. The van der Waals surface area contributed by atoms with Gasteiger partial charge in [0.25, 0.3) is 5.56 Å². The highest BCUT2D eigenvalue weighted by Gasteiger charge is 2.30. The largest absolute Gasteiger partial charge is 0.366 e. The number of anilines is 1. The van der Waals surface area contributed by atoms with Crippen molar-refractivity contribution in [3.05, 3.63) is 63.9 Å². The lowest BCUT2D eigenvalue weighted by Gasteiger charge is -2.35. The summed E-state index contributed by atoms with van der Waals surface area (Å²) < 4.78 is 0. The minimum absolute atomic E-state index is 0.112. The van der Waals surface area contributed by atoms with Crippen LogP contribution in [0.1, 0.15) is 44.9 Å². The number of pyridine rings is 1. The second kappa shape index (κ2) is 9.60. The van der Waals surface area contributed by atoms with Gasteiger partial charge < -0.3 is 15.2 Å². The molecule has 0 bridgehead atoms. The lowest BCUT2D eigenvalue weighted by molar-refractivity contribution is -0.126. The van der Waals surface area contributed by atoms with E-state index >= 15 is 0 Å². The van der Waals surface area contributed by atoms with Crippen LogP contribution in [0.3, 0.4) is 0 Å². The fourth-order valence-corrected chi connectivity index (χ4v) is 5.59. The van der Waals surface area contributed by atoms with E-state index < -0.39 is 0 Å². The Hall–Kier alpha value is -2.79. The number of hydrogen-bond donors (Lipinski definition) is 2. The highest BCUT2D eigenvalue weighted by atomic mass is 35.5. The summed E-state index contributed by atoms with van der Waals surface area (Å²) in [6.45, 7) is 1.30. The number of halogens is 1. The van der Waals surface area contributed by atoms with E-state index in [1.54, 1.807) is 6.07 Å². The summed E-state index contributed by atoms with van der Waals surface area (Å²) >= 11 is 6.35. The van der Waals surface area contributed by atoms with Crippen LogP contribution in [0.4, 0.5) is 5.69 Å². The highest BCUT2D eigenvalue weighted by molar-refractivity contribution is 6.31. The highest BCUT2D eigenvalue weighted by Crippen LogP contribution is 2.37. The van der Waals surface area contributed by atoms with Gasteiger partial charge in [-0.3, -0.25) is 9.59 Å². The number of rotatable bonds is 4. The molecule has 2 N–H and O–H groups in total. The molecule has 3 aromatic rings. The van der Waals surface area contributed by atoms with Gasteiger partial charge in [0.1, 0.15) is 5.69 Å². The molecule has 1 aliphatic carbocycles. The molecule has 2 aromatic carbocycles. The first-order chi connectivity index (χ1) is 16.1. The predicted octanol–water partition coefficient (Wildman–Crippen LogP) is 5.51. The number of nitrogens with zero attached hydrogens (tertiary/aromatic N) is 1. The monoisotopic (exact) mass is 463 g/mol. The third-order valence-corrected chi connectivity index (χ3v) is 7.31. The summed E-state index contributed by atoms with van der Waals surface area (Å²) in [4.78, 5) is 31.6. The number of amides is 1. The first-order valence-electron chi connectivity index (χ1n) is 12.1. The fourth-order valence-electron chi connectivity index (χ4n) is 5.41. The zero-order chi connectivity index (χ0) is 22.8. The zero-order valence-electron chi connectivity index (χ0n) is 18.8. The molecule has 1 unspecified atom stereocenters. The van der Waals surface area contributed by atoms with Gasteiger partial charge in [0.05, 0.1) is 5.92 Å². The van der Waals surface area contributed by atoms with Crippen LogP contribution in [0.15, 0.2) is 53.3 Å². The van der Waals surface area contributed by atoms with E-state index in [4.69, 9.17) is 11.6 Å². The SMILES string of the molecule is O=C(NC1CCCCC1)C1CCCN(c2c(-c3ccccc3)c3cc(Cl)ccc3[nH]c2=O)C1. The number of piperidine rings is 1. The average molecular weight is 464 g/mol. The molecular formula is C27H30ClN3O2. The van der Waals surface area contributed by atoms with E-state index in [0.717, 1.165) is 54.3 Å². The van der Waals surface area contributed by atoms with Crippen LogP contribution in [0.5, 0.6) is 0 Å². The summed E-state index contributed by atoms with van der Waals surface area (Å²) in [5.74, 6) is 0.0203. The van der Waals surface area contributed by atoms with Crippen molar-refractivity contribution < 1.29 is 4.79 Å². The first-order valence-corrected chi connectivity index (χ1v) is 12.4. The molecule has 1 aromatic heterocycles. The smallest absolute Gasteiger partial charge is 0.272 e. The number of fused-ring (bicyclic) bond motifs is 1. The molecule has 33 heavy (non-hydrogen) atoms. The Morgan fingerprint density at radius 3 is 2.58 bits per heavy atom. The number of aromatic amines is 1. The molecule has 1 saturated heterocycles. The molecule has 1 aliphatic heterocycles. The lowest BCUT2D eigenvalue weighted by atomic mass is 9.92. The van der Waals surface area contributed by atoms with Gasteiger partial charge in [-0.25, -0.2) is 0 Å². The summed E-state index contributed by atoms with van der Waals surface area (Å²) in [5, 5.41) is 4.83. The summed E-state index contributed by atoms with van der Waals surface area (Å²) in [6, 6.07) is 15.8. The molecule has 1 saturated carbocycles. The van der Waals surface area contributed by atoms with Crippen molar-refractivity contribution in [2.24, 2.45) is 5.92 Å². The number of H-pyrrole nitrogens is 1. The molecule has 5 nitrogen and oxygen atoms in total. The normalized spacial score (nSPS) is 19.5. The fraction of sp³-hybridized carbons (Fsp3) is 0.407. The van der Waals surface area contributed by atoms with Gasteiger partial charge in [0.15, 0.2) is 0 Å². The summed E-state index contributed by atoms with van der Waals surface area (Å²) in [7, 11) is 0. The van der Waals surface area contributed by atoms with Gasteiger partial charge in [-0.1, -0.05) is 61.2 Å². The molecule has 172 valence electrons. The van der Waals surface area contributed by atoms with Gasteiger partial charge in [-0.05, 0) is 49.4 Å². The van der Waals surface area contributed by atoms with Crippen LogP contribution in [-0.2, 0) is 4.79 Å². The third-order valence-electron chi connectivity index (χ3n) is 7.07. The molecule has 0 radical (unpaired) electrons. The van der Waals surface area contributed by atoms with Gasteiger partial charge >= 0.3 is 0 Å². The third kappa shape index (κ3) is 4.65. The second-order valence-corrected chi connectivity index (χ2v) is 9.80. The topological polar surface area (TPSA) is 65.2 Å². The van der Waals surface area contributed by atoms with Gasteiger partial charge in [-0.2, -0.15) is 0 Å². The number of benzene rings is 2. The van der Waals surface area contributed by atoms with Gasteiger partial charge in [-0.15, -0.1) is 0 Å². The van der Waals surface area contributed by atoms with Crippen molar-refractivity contribution in [3.63, 3.8) is 0 Å². The second-order valence-electron chi connectivity index (χ2n) is 9.36. The van der Waals surface area contributed by atoms with Crippen molar-refractivity contribution in [1.82, 2.24) is 10.3 Å². The Balaban J connectivity index is 1.51. The quantitative estimate of drug-likeness (QED) is 0.535. The van der Waals surface area contributed by atoms with E-state index in [1.165, 1.54) is 19.3 Å². The Kier molecular flexibility index (Phi) is 6.41. The maximum atomic E-state index is 13.4. The van der Waals surface area contributed by atoms with Crippen LogP contribution in [0.2, 0.25) is 5.02 Å². The molecule has 5 rings (SSSR count). The standard InChI is InChI=1S/C27H30ClN3O2/c28-20-13-14-23-22(16-20)24(18-8-3-1-4-9-18)25(27(33)30-23)31-15-7-10-19(17-31)26(32)29-21-11-5-2-6-12-21/h1,3-4,8-9,13-14,16,19,21H,2,5-7,10-12,15,17H2,(H,29,32)(H,30,33). The van der Waals surface area contributed by atoms with E-state index in [2.05, 4.69) is 15.2 Å². The Morgan fingerprint density at radius 1 is 1.00 bits per heavy atom. The van der Waals surface area contributed by atoms with Crippen LogP contribution >= 0.6 is 11.6 Å². The molecule has 1 atom stereocenters. The summed E-state index contributed by atoms with van der Waals surface area (Å²) in [5.41, 5.74) is 3.11. The van der Waals surface area contributed by atoms with Crippen LogP contribution in [0.25, 0.3) is 22.0 Å². The molecule has 2 aliphatic rings. The van der Waals surface area contributed by atoms with Crippen molar-refractivity contribution in [2.45, 2.75) is 51.0 Å². The van der Waals surface area contributed by atoms with E-state index in [1.807, 2.05) is 42.5 Å². The van der Waals surface area contributed by atoms with Crippen molar-refractivity contribution >= 4 is 34.1 Å². The molecule has 0 spiro atoms. The van der Waals surface area contributed by atoms with Crippen molar-refractivity contribution in [3.8, 4) is 11.1 Å². The van der Waals surface area contributed by atoms with Gasteiger partial charge in [0.2, 0.25) is 5.91 Å². The summed E-state index contributed by atoms with van der Waals surface area (Å²) in [6.07, 6.45) is 7.53. The Morgan fingerprint density at radius 2 is 1.79 bits per heavy atom. The number of nitrogens with one attached hydrogen (secondary N) is 2. The van der Waals surface area contributed by atoms with E-state index in [9.17, 15) is 9.59 Å². The molecule has 6 heteroatoms. The van der Waals surface area contributed by atoms with Crippen molar-refractivity contribution in [2.75, 3.05) is 18.0 Å².